The molecule has 3 aromatic carbocycles. The standard InChI is InChI=1S/C23H18N4O2/c1-14-12-19-20(26-27(25-19)16-8-4-3-5-9-16)13-18(14)24-23(28)22-15(2)17-10-6-7-11-21(17)29-22/h3-13H,1-2H3,(H,24,28). The molecule has 2 aromatic heterocycles. The van der Waals surface area contributed by atoms with E-state index < -0.39 is 0 Å². The first-order valence-corrected chi connectivity index (χ1v) is 9.33. The average molecular weight is 382 g/mol. The Hall–Kier alpha value is -3.93. The van der Waals surface area contributed by atoms with Gasteiger partial charge in [0, 0.05) is 16.6 Å². The topological polar surface area (TPSA) is 73.0 Å². The second-order valence-corrected chi connectivity index (χ2v) is 6.99. The lowest BCUT2D eigenvalue weighted by atomic mass is 10.1. The van der Waals surface area contributed by atoms with Gasteiger partial charge in [-0.3, -0.25) is 4.79 Å². The first-order chi connectivity index (χ1) is 14.1. The summed E-state index contributed by atoms with van der Waals surface area (Å²) in [7, 11) is 0. The number of carbonyl (C=O) groups is 1. The van der Waals surface area contributed by atoms with Crippen LogP contribution in [-0.4, -0.2) is 20.9 Å². The van der Waals surface area contributed by atoms with Gasteiger partial charge in [-0.25, -0.2) is 0 Å². The highest BCUT2D eigenvalue weighted by molar-refractivity contribution is 6.07. The number of nitrogens with zero attached hydrogens (tertiary/aromatic N) is 3. The van der Waals surface area contributed by atoms with Gasteiger partial charge in [0.05, 0.1) is 5.69 Å². The van der Waals surface area contributed by atoms with Gasteiger partial charge in [0.2, 0.25) is 0 Å². The van der Waals surface area contributed by atoms with Crippen molar-refractivity contribution in [2.75, 3.05) is 5.32 Å². The molecule has 142 valence electrons. The highest BCUT2D eigenvalue weighted by atomic mass is 16.3. The third kappa shape index (κ3) is 2.95. The lowest BCUT2D eigenvalue weighted by molar-refractivity contribution is 0.0998. The molecule has 1 amide bonds. The average Bonchev–Trinajstić information content (AvgIpc) is 3.30. The van der Waals surface area contributed by atoms with Crippen LogP contribution in [0.25, 0.3) is 27.7 Å². The largest absolute Gasteiger partial charge is 0.451 e. The Bertz CT molecular complexity index is 1370. The molecule has 0 bridgehead atoms. The van der Waals surface area contributed by atoms with E-state index >= 15 is 0 Å². The smallest absolute Gasteiger partial charge is 0.291 e. The Labute approximate surface area is 166 Å². The van der Waals surface area contributed by atoms with E-state index in [1.165, 1.54) is 0 Å². The molecular weight excluding hydrogens is 364 g/mol. The molecule has 0 unspecified atom stereocenters. The molecule has 0 aliphatic rings. The molecule has 5 rings (SSSR count). The Morgan fingerprint density at radius 2 is 1.62 bits per heavy atom. The molecule has 0 atom stereocenters. The van der Waals surface area contributed by atoms with Gasteiger partial charge in [0.15, 0.2) is 5.76 Å². The molecule has 6 heteroatoms. The molecule has 0 fully saturated rings. The first-order valence-electron chi connectivity index (χ1n) is 9.33. The van der Waals surface area contributed by atoms with E-state index in [0.717, 1.165) is 27.7 Å². The molecule has 2 heterocycles. The zero-order valence-electron chi connectivity index (χ0n) is 16.0. The fourth-order valence-electron chi connectivity index (χ4n) is 3.45. The quantitative estimate of drug-likeness (QED) is 0.475. The second kappa shape index (κ2) is 6.60. The minimum Gasteiger partial charge on any atom is -0.451 e. The van der Waals surface area contributed by atoms with Crippen LogP contribution < -0.4 is 5.32 Å². The van der Waals surface area contributed by atoms with Gasteiger partial charge in [-0.1, -0.05) is 36.4 Å². The van der Waals surface area contributed by atoms with E-state index in [0.29, 0.717) is 22.5 Å². The number of amides is 1. The molecule has 1 N–H and O–H groups in total. The summed E-state index contributed by atoms with van der Waals surface area (Å²) in [5.74, 6) is 0.0373. The maximum absolute atomic E-state index is 12.9. The number of para-hydroxylation sites is 2. The van der Waals surface area contributed by atoms with Crippen molar-refractivity contribution in [3.8, 4) is 5.69 Å². The minimum atomic E-state index is -0.281. The number of anilines is 1. The fraction of sp³-hybridized carbons (Fsp3) is 0.0870. The van der Waals surface area contributed by atoms with Crippen LogP contribution in [-0.2, 0) is 0 Å². The lowest BCUT2D eigenvalue weighted by Crippen LogP contribution is -2.13. The second-order valence-electron chi connectivity index (χ2n) is 6.99. The number of furan rings is 1. The number of hydrogen-bond donors (Lipinski definition) is 1. The number of aryl methyl sites for hydroxylation is 2. The first kappa shape index (κ1) is 17.2. The van der Waals surface area contributed by atoms with Crippen molar-refractivity contribution >= 4 is 33.6 Å². The third-order valence-corrected chi connectivity index (χ3v) is 5.01. The Balaban J connectivity index is 1.50. The molecule has 0 radical (unpaired) electrons. The van der Waals surface area contributed by atoms with Crippen molar-refractivity contribution < 1.29 is 9.21 Å². The summed E-state index contributed by atoms with van der Waals surface area (Å²) in [6.07, 6.45) is 0. The number of fused-ring (bicyclic) bond motifs is 2. The predicted molar refractivity (Wildman–Crippen MR) is 113 cm³/mol. The van der Waals surface area contributed by atoms with Crippen LogP contribution in [0, 0.1) is 13.8 Å². The van der Waals surface area contributed by atoms with Crippen molar-refractivity contribution in [3.05, 3.63) is 83.6 Å². The van der Waals surface area contributed by atoms with Crippen LogP contribution in [0.5, 0.6) is 0 Å². The summed E-state index contributed by atoms with van der Waals surface area (Å²) in [5.41, 5.74) is 5.47. The van der Waals surface area contributed by atoms with Crippen LogP contribution in [0.1, 0.15) is 21.7 Å². The van der Waals surface area contributed by atoms with Gasteiger partial charge in [-0.15, -0.1) is 10.2 Å². The molecule has 0 aliphatic carbocycles. The maximum Gasteiger partial charge on any atom is 0.291 e. The number of benzene rings is 3. The van der Waals surface area contributed by atoms with Crippen molar-refractivity contribution in [3.63, 3.8) is 0 Å². The lowest BCUT2D eigenvalue weighted by Gasteiger charge is -2.07. The highest BCUT2D eigenvalue weighted by Gasteiger charge is 2.19. The van der Waals surface area contributed by atoms with E-state index in [2.05, 4.69) is 15.5 Å². The molecule has 0 aliphatic heterocycles. The SMILES string of the molecule is Cc1cc2nn(-c3ccccc3)nc2cc1NC(=O)c1oc2ccccc2c1C. The van der Waals surface area contributed by atoms with Crippen LogP contribution >= 0.6 is 0 Å². The fourth-order valence-corrected chi connectivity index (χ4v) is 3.45. The van der Waals surface area contributed by atoms with E-state index in [1.54, 1.807) is 4.80 Å². The molecule has 0 saturated heterocycles. The van der Waals surface area contributed by atoms with Gasteiger partial charge in [0.25, 0.3) is 5.91 Å². The summed E-state index contributed by atoms with van der Waals surface area (Å²) in [5, 5.41) is 13.0. The minimum absolute atomic E-state index is 0.281. The van der Waals surface area contributed by atoms with Crippen molar-refractivity contribution in [1.29, 1.82) is 0 Å². The van der Waals surface area contributed by atoms with Crippen LogP contribution in [0.15, 0.2) is 71.1 Å². The molecule has 5 aromatic rings. The normalized spacial score (nSPS) is 11.2. The number of aromatic nitrogens is 3. The summed E-state index contributed by atoms with van der Waals surface area (Å²) >= 11 is 0. The summed E-state index contributed by atoms with van der Waals surface area (Å²) in [6, 6.07) is 21.1. The van der Waals surface area contributed by atoms with Gasteiger partial charge >= 0.3 is 0 Å². The van der Waals surface area contributed by atoms with Crippen LogP contribution in [0.4, 0.5) is 5.69 Å². The van der Waals surface area contributed by atoms with Gasteiger partial charge in [0.1, 0.15) is 16.6 Å². The number of hydrogen-bond acceptors (Lipinski definition) is 4. The van der Waals surface area contributed by atoms with Crippen molar-refractivity contribution in [1.82, 2.24) is 15.0 Å². The number of nitrogens with one attached hydrogen (secondary N) is 1. The molecule has 6 nitrogen and oxygen atoms in total. The molecule has 0 spiro atoms. The Morgan fingerprint density at radius 1 is 0.931 bits per heavy atom. The molecular formula is C23H18N4O2. The summed E-state index contributed by atoms with van der Waals surface area (Å²) in [6.45, 7) is 3.82. The Morgan fingerprint density at radius 3 is 2.38 bits per heavy atom. The van der Waals surface area contributed by atoms with E-state index in [4.69, 9.17) is 4.42 Å². The third-order valence-electron chi connectivity index (χ3n) is 5.01. The molecule has 29 heavy (non-hydrogen) atoms. The van der Waals surface area contributed by atoms with Crippen LogP contribution in [0.2, 0.25) is 0 Å². The van der Waals surface area contributed by atoms with Crippen molar-refractivity contribution in [2.45, 2.75) is 13.8 Å². The van der Waals surface area contributed by atoms with Gasteiger partial charge in [-0.2, -0.15) is 4.80 Å². The number of carbonyl (C=O) groups excluding carboxylic acids is 1. The summed E-state index contributed by atoms with van der Waals surface area (Å²) < 4.78 is 5.78. The van der Waals surface area contributed by atoms with Gasteiger partial charge < -0.3 is 9.73 Å². The molecule has 0 saturated carbocycles. The zero-order chi connectivity index (χ0) is 20.0. The maximum atomic E-state index is 12.9. The summed E-state index contributed by atoms with van der Waals surface area (Å²) in [4.78, 5) is 14.5. The highest BCUT2D eigenvalue weighted by Crippen LogP contribution is 2.27. The van der Waals surface area contributed by atoms with Gasteiger partial charge in [-0.05, 0) is 49.7 Å². The number of rotatable bonds is 3. The Kier molecular flexibility index (Phi) is 3.91. The van der Waals surface area contributed by atoms with E-state index in [-0.39, 0.29) is 5.91 Å². The zero-order valence-corrected chi connectivity index (χ0v) is 16.0. The van der Waals surface area contributed by atoms with E-state index in [1.807, 2.05) is 80.6 Å². The monoisotopic (exact) mass is 382 g/mol. The van der Waals surface area contributed by atoms with Crippen molar-refractivity contribution in [2.24, 2.45) is 0 Å². The van der Waals surface area contributed by atoms with E-state index in [9.17, 15) is 4.79 Å². The van der Waals surface area contributed by atoms with Crippen LogP contribution in [0.3, 0.4) is 0 Å². The predicted octanol–water partition coefficient (Wildman–Crippen LogP) is 5.04.